The quantitative estimate of drug-likeness (QED) is 0.160. The van der Waals surface area contributed by atoms with Crippen molar-refractivity contribution in [3.05, 3.63) is 200 Å². The van der Waals surface area contributed by atoms with Gasteiger partial charge in [0.05, 0.1) is 22.2 Å². The third-order valence-electron chi connectivity index (χ3n) is 10.8. The first-order valence-electron chi connectivity index (χ1n) is 19.1. The molecule has 0 N–H and O–H groups in total. The second kappa shape index (κ2) is 13.5. The molecule has 0 spiro atoms. The zero-order valence-electron chi connectivity index (χ0n) is 30.8. The van der Waals surface area contributed by atoms with Crippen molar-refractivity contribution in [2.24, 2.45) is 0 Å². The number of aromatic nitrogens is 5. The molecule has 11 aromatic rings. The average Bonchev–Trinajstić information content (AvgIpc) is 3.64. The summed E-state index contributed by atoms with van der Waals surface area (Å²) in [4.78, 5) is 20.3. The van der Waals surface area contributed by atoms with Gasteiger partial charge in [0.1, 0.15) is 0 Å². The molecular weight excluding hydrogens is 695 g/mol. The van der Waals surface area contributed by atoms with Crippen molar-refractivity contribution < 1.29 is 0 Å². The zero-order chi connectivity index (χ0) is 37.7. The van der Waals surface area contributed by atoms with Gasteiger partial charge in [-0.3, -0.25) is 0 Å². The molecule has 5 nitrogen and oxygen atoms in total. The maximum Gasteiger partial charge on any atom is 0.164 e. The van der Waals surface area contributed by atoms with Crippen LogP contribution in [0.4, 0.5) is 0 Å². The highest BCUT2D eigenvalue weighted by Gasteiger charge is 2.20. The summed E-state index contributed by atoms with van der Waals surface area (Å²) in [5.41, 5.74) is 11.4. The van der Waals surface area contributed by atoms with Gasteiger partial charge in [-0.05, 0) is 34.7 Å². The van der Waals surface area contributed by atoms with Crippen molar-refractivity contribution in [3.8, 4) is 62.2 Å². The SMILES string of the molecule is c1ccc(-c2nc(-c3ccccc3)nc(-c3ccc(-c4ccc5c6ccc7c8ccccc8c(-c8ccccc8)nc7c6n(-c6ccccc6)c5c4)cc3)n2)cc1. The number of pyridine rings is 1. The summed E-state index contributed by atoms with van der Waals surface area (Å²) >= 11 is 0. The molecule has 0 bridgehead atoms. The van der Waals surface area contributed by atoms with Gasteiger partial charge in [-0.25, -0.2) is 19.9 Å². The van der Waals surface area contributed by atoms with E-state index in [9.17, 15) is 0 Å². The molecule has 0 aliphatic heterocycles. The fraction of sp³-hybridized carbons (Fsp3) is 0. The van der Waals surface area contributed by atoms with Crippen molar-refractivity contribution in [1.29, 1.82) is 0 Å². The van der Waals surface area contributed by atoms with Crippen molar-refractivity contribution in [2.75, 3.05) is 0 Å². The van der Waals surface area contributed by atoms with Crippen LogP contribution >= 0.6 is 0 Å². The Kier molecular flexibility index (Phi) is 7.74. The maximum atomic E-state index is 5.52. The minimum absolute atomic E-state index is 0.635. The smallest absolute Gasteiger partial charge is 0.164 e. The Morgan fingerprint density at radius 3 is 1.37 bits per heavy atom. The van der Waals surface area contributed by atoms with Gasteiger partial charge in [0.25, 0.3) is 0 Å². The summed E-state index contributed by atoms with van der Waals surface area (Å²) in [5, 5.41) is 5.83. The van der Waals surface area contributed by atoms with Gasteiger partial charge < -0.3 is 4.57 Å². The Labute approximate surface area is 329 Å². The number of rotatable bonds is 6. The largest absolute Gasteiger partial charge is 0.307 e. The van der Waals surface area contributed by atoms with E-state index in [1.165, 1.54) is 16.2 Å². The topological polar surface area (TPSA) is 56.5 Å². The number of nitrogens with zero attached hydrogens (tertiary/aromatic N) is 5. The molecule has 0 atom stereocenters. The molecule has 8 aromatic carbocycles. The van der Waals surface area contributed by atoms with Crippen molar-refractivity contribution >= 4 is 43.5 Å². The van der Waals surface area contributed by atoms with Crippen molar-refractivity contribution in [3.63, 3.8) is 0 Å². The second-order valence-corrected chi connectivity index (χ2v) is 14.2. The highest BCUT2D eigenvalue weighted by atomic mass is 15.0. The van der Waals surface area contributed by atoms with Crippen LogP contribution in [0.2, 0.25) is 0 Å². The van der Waals surface area contributed by atoms with E-state index in [4.69, 9.17) is 19.9 Å². The molecule has 11 rings (SSSR count). The first-order chi connectivity index (χ1) is 28.3. The predicted molar refractivity (Wildman–Crippen MR) is 234 cm³/mol. The molecular formula is C52H33N5. The molecule has 0 radical (unpaired) electrons. The highest BCUT2D eigenvalue weighted by molar-refractivity contribution is 6.23. The van der Waals surface area contributed by atoms with E-state index in [2.05, 4.69) is 144 Å². The number of hydrogen-bond acceptors (Lipinski definition) is 4. The van der Waals surface area contributed by atoms with Crippen LogP contribution in [0.15, 0.2) is 200 Å². The van der Waals surface area contributed by atoms with Gasteiger partial charge in [0.15, 0.2) is 17.5 Å². The summed E-state index contributed by atoms with van der Waals surface area (Å²) in [6.07, 6.45) is 0. The lowest BCUT2D eigenvalue weighted by Crippen LogP contribution is -2.00. The molecule has 0 amide bonds. The van der Waals surface area contributed by atoms with Crippen LogP contribution in [-0.4, -0.2) is 24.5 Å². The van der Waals surface area contributed by atoms with Crippen molar-refractivity contribution in [1.82, 2.24) is 24.5 Å². The Bertz CT molecular complexity index is 3190. The highest BCUT2D eigenvalue weighted by Crippen LogP contribution is 2.41. The Balaban J connectivity index is 1.08. The molecule has 0 saturated heterocycles. The van der Waals surface area contributed by atoms with E-state index < -0.39 is 0 Å². The van der Waals surface area contributed by atoms with Gasteiger partial charge >= 0.3 is 0 Å². The van der Waals surface area contributed by atoms with Gasteiger partial charge in [0.2, 0.25) is 0 Å². The standard InChI is InChI=1S/C52H33N5/c1-5-15-35(16-6-1)47-43-24-14-13-23-41(43)44-31-32-45-42-30-29-39(33-46(42)57(49(45)48(44)53-47)40-21-11-4-12-22-40)34-25-27-38(28-26-34)52-55-50(36-17-7-2-8-18-36)54-51(56-52)37-19-9-3-10-20-37/h1-33H. The van der Waals surface area contributed by atoms with E-state index in [-0.39, 0.29) is 0 Å². The van der Waals surface area contributed by atoms with Crippen LogP contribution in [-0.2, 0) is 0 Å². The minimum Gasteiger partial charge on any atom is -0.307 e. The van der Waals surface area contributed by atoms with E-state index in [1.54, 1.807) is 0 Å². The first-order valence-corrected chi connectivity index (χ1v) is 19.1. The Hall–Kier alpha value is -7.76. The van der Waals surface area contributed by atoms with E-state index in [1.807, 2.05) is 60.7 Å². The Morgan fingerprint density at radius 2 is 0.754 bits per heavy atom. The number of benzene rings is 8. The fourth-order valence-corrected chi connectivity index (χ4v) is 8.11. The number of hydrogen-bond donors (Lipinski definition) is 0. The van der Waals surface area contributed by atoms with Crippen LogP contribution in [0.1, 0.15) is 0 Å². The summed E-state index contributed by atoms with van der Waals surface area (Å²) in [5.74, 6) is 1.93. The molecule has 0 unspecified atom stereocenters. The number of para-hydroxylation sites is 1. The lowest BCUT2D eigenvalue weighted by Gasteiger charge is -2.13. The predicted octanol–water partition coefficient (Wildman–Crippen LogP) is 13.0. The van der Waals surface area contributed by atoms with Crippen LogP contribution < -0.4 is 0 Å². The number of fused-ring (bicyclic) bond motifs is 7. The molecule has 0 aliphatic carbocycles. The third-order valence-corrected chi connectivity index (χ3v) is 10.8. The second-order valence-electron chi connectivity index (χ2n) is 14.2. The van der Waals surface area contributed by atoms with Gasteiger partial charge in [-0.2, -0.15) is 0 Å². The first kappa shape index (κ1) is 32.7. The van der Waals surface area contributed by atoms with Crippen LogP contribution in [0.3, 0.4) is 0 Å². The summed E-state index contributed by atoms with van der Waals surface area (Å²) < 4.78 is 2.39. The normalized spacial score (nSPS) is 11.5. The maximum absolute atomic E-state index is 5.52. The lowest BCUT2D eigenvalue weighted by molar-refractivity contribution is 1.07. The van der Waals surface area contributed by atoms with E-state index >= 15 is 0 Å². The van der Waals surface area contributed by atoms with Crippen LogP contribution in [0, 0.1) is 0 Å². The van der Waals surface area contributed by atoms with Crippen LogP contribution in [0.25, 0.3) is 106 Å². The molecule has 5 heteroatoms. The van der Waals surface area contributed by atoms with E-state index in [0.717, 1.165) is 72.1 Å². The summed E-state index contributed by atoms with van der Waals surface area (Å²) in [7, 11) is 0. The Morgan fingerprint density at radius 1 is 0.298 bits per heavy atom. The van der Waals surface area contributed by atoms with Gasteiger partial charge in [-0.1, -0.05) is 182 Å². The summed E-state index contributed by atoms with van der Waals surface area (Å²) in [6, 6.07) is 69.8. The monoisotopic (exact) mass is 727 g/mol. The average molecular weight is 728 g/mol. The minimum atomic E-state index is 0.635. The van der Waals surface area contributed by atoms with Crippen molar-refractivity contribution in [2.45, 2.75) is 0 Å². The van der Waals surface area contributed by atoms with Gasteiger partial charge in [0, 0.05) is 49.5 Å². The van der Waals surface area contributed by atoms with E-state index in [0.29, 0.717) is 17.5 Å². The molecule has 0 aliphatic rings. The van der Waals surface area contributed by atoms with Gasteiger partial charge in [-0.15, -0.1) is 0 Å². The molecule has 0 saturated carbocycles. The molecule has 57 heavy (non-hydrogen) atoms. The molecule has 266 valence electrons. The lowest BCUT2D eigenvalue weighted by atomic mass is 9.98. The van der Waals surface area contributed by atoms with Crippen LogP contribution in [0.5, 0.6) is 0 Å². The molecule has 3 heterocycles. The zero-order valence-corrected chi connectivity index (χ0v) is 30.8. The fourth-order valence-electron chi connectivity index (χ4n) is 8.11. The summed E-state index contributed by atoms with van der Waals surface area (Å²) in [6.45, 7) is 0. The molecule has 0 fully saturated rings. The molecule has 3 aromatic heterocycles. The third kappa shape index (κ3) is 5.64.